The lowest BCUT2D eigenvalue weighted by molar-refractivity contribution is 0.0571. The fraction of sp³-hybridized carbons (Fsp3) is 0.917. The van der Waals surface area contributed by atoms with Crippen LogP contribution in [-0.2, 0) is 0 Å². The molecule has 1 radical (unpaired) electrons. The fourth-order valence-electron chi connectivity index (χ4n) is 3.37. The van der Waals surface area contributed by atoms with Gasteiger partial charge in [-0.1, -0.05) is 0 Å². The molecule has 0 amide bonds. The lowest BCUT2D eigenvalue weighted by Crippen LogP contribution is -2.59. The molecule has 4 aliphatic heterocycles. The second-order valence-electron chi connectivity index (χ2n) is 5.33. The molecule has 3 nitrogen and oxygen atoms in total. The topological polar surface area (TPSA) is 18.5 Å². The fourth-order valence-corrected chi connectivity index (χ4v) is 3.37. The zero-order valence-electron chi connectivity index (χ0n) is 9.71. The number of rotatable bonds is 1. The molecule has 4 heterocycles. The molecule has 0 spiro atoms. The van der Waals surface area contributed by atoms with Crippen LogP contribution in [-0.4, -0.2) is 55.6 Å². The Hall–Kier alpha value is -0.120. The van der Waals surface area contributed by atoms with Crippen molar-refractivity contribution in [1.82, 2.24) is 15.1 Å². The Morgan fingerprint density at radius 1 is 1.20 bits per heavy atom. The number of hydrogen-bond donors (Lipinski definition) is 1. The standard InChI is InChI=1S/C12H22N3/c1-14-7-4-13-9-12(14)11-8-10-2-5-15(11)6-3-10/h10,12-13H,2-9H2,1H3. The molecule has 1 N–H and O–H groups in total. The molecule has 85 valence electrons. The Balaban J connectivity index is 1.70. The molecule has 4 fully saturated rings. The van der Waals surface area contributed by atoms with Gasteiger partial charge in [-0.15, -0.1) is 0 Å². The van der Waals surface area contributed by atoms with Crippen LogP contribution in [0, 0.1) is 12.0 Å². The van der Waals surface area contributed by atoms with Gasteiger partial charge < -0.3 is 5.32 Å². The van der Waals surface area contributed by atoms with E-state index >= 15 is 0 Å². The molecular formula is C12H22N3. The lowest BCUT2D eigenvalue weighted by Gasteiger charge is -2.50. The van der Waals surface area contributed by atoms with Gasteiger partial charge in [0.25, 0.3) is 0 Å². The maximum absolute atomic E-state index is 3.53. The van der Waals surface area contributed by atoms with Crippen molar-refractivity contribution < 1.29 is 0 Å². The summed E-state index contributed by atoms with van der Waals surface area (Å²) in [6.07, 6.45) is 4.25. The summed E-state index contributed by atoms with van der Waals surface area (Å²) in [6.45, 7) is 6.17. The van der Waals surface area contributed by atoms with Crippen molar-refractivity contribution in [2.75, 3.05) is 39.8 Å². The van der Waals surface area contributed by atoms with Crippen LogP contribution in [0.5, 0.6) is 0 Å². The Kier molecular flexibility index (Phi) is 2.71. The van der Waals surface area contributed by atoms with Crippen molar-refractivity contribution in [3.63, 3.8) is 0 Å². The molecule has 15 heavy (non-hydrogen) atoms. The number of nitrogens with zero attached hydrogens (tertiary/aromatic N) is 2. The van der Waals surface area contributed by atoms with E-state index < -0.39 is 0 Å². The molecule has 0 saturated carbocycles. The Morgan fingerprint density at radius 3 is 2.60 bits per heavy atom. The molecule has 1 atom stereocenters. The van der Waals surface area contributed by atoms with Crippen LogP contribution in [0.15, 0.2) is 0 Å². The monoisotopic (exact) mass is 208 g/mol. The van der Waals surface area contributed by atoms with Crippen molar-refractivity contribution in [2.24, 2.45) is 5.92 Å². The molecule has 0 aliphatic carbocycles. The smallest absolute Gasteiger partial charge is 0.0579 e. The Morgan fingerprint density at radius 2 is 2.00 bits per heavy atom. The van der Waals surface area contributed by atoms with Crippen LogP contribution in [0.3, 0.4) is 0 Å². The van der Waals surface area contributed by atoms with Gasteiger partial charge in [-0.3, -0.25) is 9.80 Å². The van der Waals surface area contributed by atoms with E-state index in [9.17, 15) is 0 Å². The molecular weight excluding hydrogens is 186 g/mol. The van der Waals surface area contributed by atoms with Gasteiger partial charge in [0.15, 0.2) is 0 Å². The zero-order valence-corrected chi connectivity index (χ0v) is 9.71. The number of piperidine rings is 3. The van der Waals surface area contributed by atoms with Crippen LogP contribution in [0.1, 0.15) is 19.3 Å². The van der Waals surface area contributed by atoms with E-state index in [0.717, 1.165) is 19.0 Å². The first-order chi connectivity index (χ1) is 7.34. The van der Waals surface area contributed by atoms with Crippen LogP contribution >= 0.6 is 0 Å². The molecule has 4 saturated heterocycles. The van der Waals surface area contributed by atoms with Gasteiger partial charge in [-0.2, -0.15) is 0 Å². The summed E-state index contributed by atoms with van der Waals surface area (Å²) in [7, 11) is 2.28. The summed E-state index contributed by atoms with van der Waals surface area (Å²) in [4.78, 5) is 5.20. The zero-order chi connectivity index (χ0) is 10.3. The van der Waals surface area contributed by atoms with E-state index in [1.165, 1.54) is 38.9 Å². The molecule has 4 rings (SSSR count). The van der Waals surface area contributed by atoms with Crippen molar-refractivity contribution in [2.45, 2.75) is 25.3 Å². The molecule has 0 aromatic heterocycles. The van der Waals surface area contributed by atoms with Crippen molar-refractivity contribution in [3.8, 4) is 0 Å². The van der Waals surface area contributed by atoms with Gasteiger partial charge in [-0.25, -0.2) is 0 Å². The second-order valence-corrected chi connectivity index (χ2v) is 5.33. The van der Waals surface area contributed by atoms with E-state index in [4.69, 9.17) is 0 Å². The SMILES string of the molecule is CN1CCNCC1[C]1CC2CCN1CC2. The van der Waals surface area contributed by atoms with Gasteiger partial charge in [0, 0.05) is 25.7 Å². The number of nitrogens with one attached hydrogen (secondary N) is 1. The number of fused-ring (bicyclic) bond motifs is 3. The summed E-state index contributed by atoms with van der Waals surface area (Å²) < 4.78 is 0. The van der Waals surface area contributed by atoms with Gasteiger partial charge in [0.1, 0.15) is 0 Å². The highest BCUT2D eigenvalue weighted by Gasteiger charge is 2.40. The largest absolute Gasteiger partial charge is 0.314 e. The molecule has 0 aromatic carbocycles. The second kappa shape index (κ2) is 4.04. The van der Waals surface area contributed by atoms with E-state index in [0.29, 0.717) is 6.04 Å². The maximum Gasteiger partial charge on any atom is 0.0579 e. The highest BCUT2D eigenvalue weighted by atomic mass is 15.3. The van der Waals surface area contributed by atoms with E-state index in [1.807, 2.05) is 0 Å². The minimum Gasteiger partial charge on any atom is -0.314 e. The molecule has 1 unspecified atom stereocenters. The normalized spacial score (nSPS) is 43.4. The van der Waals surface area contributed by atoms with E-state index in [-0.39, 0.29) is 0 Å². The number of hydrogen-bond acceptors (Lipinski definition) is 3. The predicted octanol–water partition coefficient (Wildman–Crippen LogP) is 0.538. The average Bonchev–Trinajstić information content (AvgIpc) is 2.31. The van der Waals surface area contributed by atoms with Gasteiger partial charge >= 0.3 is 0 Å². The summed E-state index contributed by atoms with van der Waals surface area (Å²) in [5.74, 6) is 1.00. The number of piperazine rings is 1. The van der Waals surface area contributed by atoms with Crippen LogP contribution < -0.4 is 5.32 Å². The first-order valence-corrected chi connectivity index (χ1v) is 6.36. The van der Waals surface area contributed by atoms with Crippen LogP contribution in [0.2, 0.25) is 0 Å². The van der Waals surface area contributed by atoms with Gasteiger partial charge in [0.2, 0.25) is 0 Å². The first kappa shape index (κ1) is 10.1. The maximum atomic E-state index is 3.53. The summed E-state index contributed by atoms with van der Waals surface area (Å²) in [5, 5.41) is 3.53. The third-order valence-corrected chi connectivity index (χ3v) is 4.41. The van der Waals surface area contributed by atoms with Crippen molar-refractivity contribution in [3.05, 3.63) is 6.04 Å². The van der Waals surface area contributed by atoms with Gasteiger partial charge in [-0.05, 0) is 45.3 Å². The lowest BCUT2D eigenvalue weighted by atomic mass is 9.80. The Labute approximate surface area is 92.8 Å². The third kappa shape index (κ3) is 1.81. The summed E-state index contributed by atoms with van der Waals surface area (Å²) in [5.41, 5.74) is 0. The minimum absolute atomic E-state index is 0.682. The van der Waals surface area contributed by atoms with Crippen molar-refractivity contribution in [1.29, 1.82) is 0 Å². The summed E-state index contributed by atoms with van der Waals surface area (Å²) >= 11 is 0. The molecule has 4 aliphatic rings. The van der Waals surface area contributed by atoms with Crippen molar-refractivity contribution >= 4 is 0 Å². The van der Waals surface area contributed by atoms with E-state index in [2.05, 4.69) is 22.2 Å². The predicted molar refractivity (Wildman–Crippen MR) is 61.4 cm³/mol. The molecule has 3 heteroatoms. The summed E-state index contributed by atoms with van der Waals surface area (Å²) in [6, 6.07) is 2.41. The van der Waals surface area contributed by atoms with E-state index in [1.54, 1.807) is 6.04 Å². The van der Waals surface area contributed by atoms with Crippen LogP contribution in [0.4, 0.5) is 0 Å². The molecule has 0 aromatic rings. The number of likely N-dealkylation sites (N-methyl/N-ethyl adjacent to an activating group) is 1. The highest BCUT2D eigenvalue weighted by Crippen LogP contribution is 2.39. The minimum atomic E-state index is 0.682. The third-order valence-electron chi connectivity index (χ3n) is 4.41. The highest BCUT2D eigenvalue weighted by molar-refractivity contribution is 5.09. The first-order valence-electron chi connectivity index (χ1n) is 6.36. The Bertz CT molecular complexity index is 223. The quantitative estimate of drug-likeness (QED) is 0.678. The average molecular weight is 208 g/mol. The molecule has 2 bridgehead atoms. The van der Waals surface area contributed by atoms with Gasteiger partial charge in [0.05, 0.1) is 6.04 Å². The van der Waals surface area contributed by atoms with Crippen LogP contribution in [0.25, 0.3) is 0 Å².